The van der Waals surface area contributed by atoms with Gasteiger partial charge in [-0.1, -0.05) is 32.8 Å². The molecule has 1 fully saturated rings. The Morgan fingerprint density at radius 2 is 2.05 bits per heavy atom. The molecule has 1 heterocycles. The summed E-state index contributed by atoms with van der Waals surface area (Å²) in [5.74, 6) is 0. The van der Waals surface area contributed by atoms with Gasteiger partial charge in [-0.05, 0) is 45.0 Å². The van der Waals surface area contributed by atoms with E-state index in [1.807, 2.05) is 0 Å². The summed E-state index contributed by atoms with van der Waals surface area (Å²) in [6.07, 6.45) is 5.37. The van der Waals surface area contributed by atoms with Crippen molar-refractivity contribution in [2.75, 3.05) is 13.1 Å². The van der Waals surface area contributed by atoms with Crippen molar-refractivity contribution in [3.05, 3.63) is 29.6 Å². The first-order chi connectivity index (χ1) is 9.74. The zero-order valence-electron chi connectivity index (χ0n) is 13.2. The van der Waals surface area contributed by atoms with E-state index in [1.165, 1.54) is 31.4 Å². The average molecular weight is 275 g/mol. The van der Waals surface area contributed by atoms with E-state index in [4.69, 9.17) is 0 Å². The maximum atomic E-state index is 4.66. The highest BCUT2D eigenvalue weighted by molar-refractivity contribution is 5.10. The predicted octanol–water partition coefficient (Wildman–Crippen LogP) is 3.13. The number of nitrogens with one attached hydrogen (secondary N) is 1. The Hall–Kier alpha value is -0.930. The number of rotatable bonds is 6. The maximum absolute atomic E-state index is 4.66. The monoisotopic (exact) mass is 275 g/mol. The van der Waals surface area contributed by atoms with Crippen molar-refractivity contribution in [1.82, 2.24) is 15.2 Å². The van der Waals surface area contributed by atoms with Crippen LogP contribution in [0.3, 0.4) is 0 Å². The van der Waals surface area contributed by atoms with Crippen LogP contribution in [0, 0.1) is 6.92 Å². The minimum Gasteiger partial charge on any atom is -0.313 e. The van der Waals surface area contributed by atoms with Gasteiger partial charge in [-0.3, -0.25) is 9.88 Å². The normalized spacial score (nSPS) is 23.2. The second kappa shape index (κ2) is 7.75. The van der Waals surface area contributed by atoms with Gasteiger partial charge in [0.05, 0.1) is 5.69 Å². The van der Waals surface area contributed by atoms with Crippen LogP contribution in [-0.2, 0) is 6.54 Å². The number of aromatic nitrogens is 1. The number of likely N-dealkylation sites (N-methyl/N-ethyl adjacent to an activating group) is 2. The van der Waals surface area contributed by atoms with Crippen molar-refractivity contribution in [2.24, 2.45) is 0 Å². The summed E-state index contributed by atoms with van der Waals surface area (Å²) in [7, 11) is 0. The fraction of sp³-hybridized carbons (Fsp3) is 0.706. The molecule has 0 aromatic carbocycles. The van der Waals surface area contributed by atoms with E-state index in [-0.39, 0.29) is 0 Å². The Morgan fingerprint density at radius 1 is 1.25 bits per heavy atom. The zero-order chi connectivity index (χ0) is 14.4. The Labute approximate surface area is 123 Å². The molecule has 0 saturated heterocycles. The van der Waals surface area contributed by atoms with Crippen molar-refractivity contribution >= 4 is 0 Å². The molecule has 0 aliphatic heterocycles. The second-order valence-corrected chi connectivity index (χ2v) is 5.85. The lowest BCUT2D eigenvalue weighted by atomic mass is 9.89. The zero-order valence-corrected chi connectivity index (χ0v) is 13.2. The number of hydrogen-bond donors (Lipinski definition) is 1. The van der Waals surface area contributed by atoms with E-state index in [0.717, 1.165) is 25.3 Å². The molecular weight excluding hydrogens is 246 g/mol. The fourth-order valence-electron chi connectivity index (χ4n) is 3.41. The molecular formula is C17H29N3. The van der Waals surface area contributed by atoms with Gasteiger partial charge < -0.3 is 5.32 Å². The Kier molecular flexibility index (Phi) is 5.99. The summed E-state index contributed by atoms with van der Waals surface area (Å²) in [5.41, 5.74) is 2.32. The van der Waals surface area contributed by atoms with Gasteiger partial charge in [0.2, 0.25) is 0 Å². The third-order valence-corrected chi connectivity index (χ3v) is 4.38. The van der Waals surface area contributed by atoms with Crippen molar-refractivity contribution in [2.45, 2.75) is 65.1 Å². The second-order valence-electron chi connectivity index (χ2n) is 5.85. The molecule has 2 unspecified atom stereocenters. The summed E-state index contributed by atoms with van der Waals surface area (Å²) in [6, 6.07) is 7.66. The van der Waals surface area contributed by atoms with Crippen LogP contribution < -0.4 is 5.32 Å². The van der Waals surface area contributed by atoms with E-state index in [9.17, 15) is 0 Å². The van der Waals surface area contributed by atoms with Crippen LogP contribution in [0.4, 0.5) is 0 Å². The van der Waals surface area contributed by atoms with Crippen molar-refractivity contribution in [3.8, 4) is 0 Å². The molecule has 0 spiro atoms. The minimum atomic E-state index is 0.651. The smallest absolute Gasteiger partial charge is 0.0547 e. The molecule has 112 valence electrons. The van der Waals surface area contributed by atoms with E-state index in [2.05, 4.69) is 54.2 Å². The highest BCUT2D eigenvalue weighted by Gasteiger charge is 2.28. The first kappa shape index (κ1) is 15.5. The quantitative estimate of drug-likeness (QED) is 0.864. The van der Waals surface area contributed by atoms with Gasteiger partial charge >= 0.3 is 0 Å². The standard InChI is InChI=1S/C17H29N3/c1-4-18-16-11-6-7-12-17(16)20(5-2)13-15-10-8-9-14(3)19-15/h8-10,16-18H,4-7,11-13H2,1-3H3. The van der Waals surface area contributed by atoms with Gasteiger partial charge in [0.25, 0.3) is 0 Å². The van der Waals surface area contributed by atoms with Gasteiger partial charge in [0.1, 0.15) is 0 Å². The highest BCUT2D eigenvalue weighted by Crippen LogP contribution is 2.24. The van der Waals surface area contributed by atoms with Gasteiger partial charge in [-0.15, -0.1) is 0 Å². The number of pyridine rings is 1. The van der Waals surface area contributed by atoms with Crippen LogP contribution in [0.15, 0.2) is 18.2 Å². The third-order valence-electron chi connectivity index (χ3n) is 4.38. The van der Waals surface area contributed by atoms with Gasteiger partial charge in [-0.2, -0.15) is 0 Å². The molecule has 0 bridgehead atoms. The van der Waals surface area contributed by atoms with Crippen LogP contribution in [0.25, 0.3) is 0 Å². The molecule has 1 N–H and O–H groups in total. The van der Waals surface area contributed by atoms with Crippen molar-refractivity contribution in [1.29, 1.82) is 0 Å². The summed E-state index contributed by atoms with van der Waals surface area (Å²) in [4.78, 5) is 7.27. The number of hydrogen-bond acceptors (Lipinski definition) is 3. The first-order valence-corrected chi connectivity index (χ1v) is 8.14. The van der Waals surface area contributed by atoms with E-state index in [0.29, 0.717) is 12.1 Å². The lowest BCUT2D eigenvalue weighted by molar-refractivity contribution is 0.120. The molecule has 20 heavy (non-hydrogen) atoms. The van der Waals surface area contributed by atoms with Gasteiger partial charge in [0, 0.05) is 24.3 Å². The molecule has 0 amide bonds. The highest BCUT2D eigenvalue weighted by atomic mass is 15.2. The fourth-order valence-corrected chi connectivity index (χ4v) is 3.41. The number of aryl methyl sites for hydroxylation is 1. The summed E-state index contributed by atoms with van der Waals surface area (Å²) < 4.78 is 0. The van der Waals surface area contributed by atoms with Gasteiger partial charge in [0.15, 0.2) is 0 Å². The van der Waals surface area contributed by atoms with Crippen molar-refractivity contribution < 1.29 is 0 Å². The Bertz CT molecular complexity index is 403. The molecule has 2 rings (SSSR count). The van der Waals surface area contributed by atoms with Crippen LogP contribution in [0.5, 0.6) is 0 Å². The maximum Gasteiger partial charge on any atom is 0.0547 e. The first-order valence-electron chi connectivity index (χ1n) is 8.14. The van der Waals surface area contributed by atoms with Crippen LogP contribution in [-0.4, -0.2) is 35.1 Å². The minimum absolute atomic E-state index is 0.651. The Morgan fingerprint density at radius 3 is 2.75 bits per heavy atom. The SMILES string of the molecule is CCNC1CCCCC1N(CC)Cc1cccc(C)n1. The molecule has 3 heteroatoms. The molecule has 1 aliphatic carbocycles. The largest absolute Gasteiger partial charge is 0.313 e. The van der Waals surface area contributed by atoms with Crippen LogP contribution >= 0.6 is 0 Å². The van der Waals surface area contributed by atoms with E-state index in [1.54, 1.807) is 0 Å². The molecule has 1 aromatic rings. The lowest BCUT2D eigenvalue weighted by Crippen LogP contribution is -2.51. The Balaban J connectivity index is 2.05. The predicted molar refractivity (Wildman–Crippen MR) is 84.8 cm³/mol. The van der Waals surface area contributed by atoms with Crippen LogP contribution in [0.1, 0.15) is 50.9 Å². The summed E-state index contributed by atoms with van der Waals surface area (Å²) in [5, 5.41) is 3.68. The third kappa shape index (κ3) is 4.03. The lowest BCUT2D eigenvalue weighted by Gasteiger charge is -2.40. The summed E-state index contributed by atoms with van der Waals surface area (Å²) >= 11 is 0. The van der Waals surface area contributed by atoms with E-state index < -0.39 is 0 Å². The van der Waals surface area contributed by atoms with Crippen molar-refractivity contribution in [3.63, 3.8) is 0 Å². The molecule has 3 nitrogen and oxygen atoms in total. The molecule has 2 atom stereocenters. The van der Waals surface area contributed by atoms with E-state index >= 15 is 0 Å². The molecule has 1 aromatic heterocycles. The molecule has 1 saturated carbocycles. The van der Waals surface area contributed by atoms with Gasteiger partial charge in [-0.25, -0.2) is 0 Å². The summed E-state index contributed by atoms with van der Waals surface area (Å²) in [6.45, 7) is 9.70. The number of nitrogens with zero attached hydrogens (tertiary/aromatic N) is 2. The topological polar surface area (TPSA) is 28.2 Å². The average Bonchev–Trinajstić information content (AvgIpc) is 2.46. The molecule has 1 aliphatic rings. The molecule has 0 radical (unpaired) electrons. The van der Waals surface area contributed by atoms with Crippen LogP contribution in [0.2, 0.25) is 0 Å².